The SMILES string of the molecule is Cc1nn(C(C)C)c(N2CCCC(=O)C2)c1[N+](=O)[O-]. The molecular weight excluding hydrogens is 248 g/mol. The maximum Gasteiger partial charge on any atom is 0.333 e. The zero-order valence-corrected chi connectivity index (χ0v) is 11.4. The molecule has 7 heteroatoms. The molecule has 0 amide bonds. The number of Topliss-reactive ketones (excluding diaryl/α,β-unsaturated/α-hetero) is 1. The Labute approximate surface area is 111 Å². The number of anilines is 1. The van der Waals surface area contributed by atoms with Gasteiger partial charge in [0.15, 0.2) is 5.78 Å². The van der Waals surface area contributed by atoms with E-state index >= 15 is 0 Å². The Bertz CT molecular complexity index is 521. The van der Waals surface area contributed by atoms with Gasteiger partial charge in [-0.15, -0.1) is 0 Å². The van der Waals surface area contributed by atoms with Crippen molar-refractivity contribution >= 4 is 17.3 Å². The van der Waals surface area contributed by atoms with Gasteiger partial charge in [-0.05, 0) is 27.2 Å². The molecule has 0 unspecified atom stereocenters. The molecule has 1 aromatic heterocycles. The zero-order valence-electron chi connectivity index (χ0n) is 11.4. The number of aryl methyl sites for hydroxylation is 1. The van der Waals surface area contributed by atoms with Crippen LogP contribution >= 0.6 is 0 Å². The molecule has 104 valence electrons. The molecule has 0 aliphatic carbocycles. The lowest BCUT2D eigenvalue weighted by Crippen LogP contribution is -2.37. The van der Waals surface area contributed by atoms with Crippen LogP contribution in [0.4, 0.5) is 11.5 Å². The molecule has 0 aromatic carbocycles. The number of nitro groups is 1. The number of rotatable bonds is 3. The largest absolute Gasteiger partial charge is 0.344 e. The van der Waals surface area contributed by atoms with Crippen LogP contribution in [-0.4, -0.2) is 33.6 Å². The third-order valence-corrected chi connectivity index (χ3v) is 3.25. The van der Waals surface area contributed by atoms with Crippen LogP contribution in [0.1, 0.15) is 38.4 Å². The Balaban J connectivity index is 2.51. The van der Waals surface area contributed by atoms with Crippen molar-refractivity contribution in [3.8, 4) is 0 Å². The van der Waals surface area contributed by atoms with Crippen molar-refractivity contribution in [2.75, 3.05) is 18.0 Å². The van der Waals surface area contributed by atoms with Crippen LogP contribution < -0.4 is 4.90 Å². The van der Waals surface area contributed by atoms with E-state index in [2.05, 4.69) is 5.10 Å². The van der Waals surface area contributed by atoms with E-state index < -0.39 is 4.92 Å². The molecular formula is C12H18N4O3. The zero-order chi connectivity index (χ0) is 14.2. The van der Waals surface area contributed by atoms with E-state index in [0.717, 1.165) is 6.42 Å². The number of nitrogens with zero attached hydrogens (tertiary/aromatic N) is 4. The molecule has 2 heterocycles. The molecule has 1 fully saturated rings. The van der Waals surface area contributed by atoms with E-state index in [1.54, 1.807) is 16.5 Å². The Morgan fingerprint density at radius 1 is 1.42 bits per heavy atom. The highest BCUT2D eigenvalue weighted by molar-refractivity contribution is 5.85. The van der Waals surface area contributed by atoms with Gasteiger partial charge in [-0.1, -0.05) is 0 Å². The summed E-state index contributed by atoms with van der Waals surface area (Å²) in [5, 5.41) is 15.5. The van der Waals surface area contributed by atoms with Crippen LogP contribution in [0.2, 0.25) is 0 Å². The second-order valence-corrected chi connectivity index (χ2v) is 5.12. The maximum atomic E-state index is 11.6. The molecule has 1 aliphatic rings. The van der Waals surface area contributed by atoms with Gasteiger partial charge in [-0.2, -0.15) is 5.10 Å². The maximum absolute atomic E-state index is 11.6. The van der Waals surface area contributed by atoms with E-state index in [9.17, 15) is 14.9 Å². The first-order chi connectivity index (χ1) is 8.91. The smallest absolute Gasteiger partial charge is 0.333 e. The predicted molar refractivity (Wildman–Crippen MR) is 70.5 cm³/mol. The van der Waals surface area contributed by atoms with Gasteiger partial charge < -0.3 is 4.90 Å². The Kier molecular flexibility index (Phi) is 3.55. The standard InChI is InChI=1S/C12H18N4O3/c1-8(2)15-12(11(16(18)19)9(3)13-15)14-6-4-5-10(17)7-14/h8H,4-7H2,1-3H3. The van der Waals surface area contributed by atoms with Crippen LogP contribution in [0.15, 0.2) is 0 Å². The molecule has 0 spiro atoms. The van der Waals surface area contributed by atoms with Gasteiger partial charge in [0.25, 0.3) is 0 Å². The van der Waals surface area contributed by atoms with Gasteiger partial charge in [-0.25, -0.2) is 4.68 Å². The minimum absolute atomic E-state index is 0.0134. The van der Waals surface area contributed by atoms with E-state index in [0.29, 0.717) is 24.5 Å². The Morgan fingerprint density at radius 3 is 2.63 bits per heavy atom. The first kappa shape index (κ1) is 13.5. The predicted octanol–water partition coefficient (Wildman–Crippen LogP) is 1.85. The minimum Gasteiger partial charge on any atom is -0.344 e. The fourth-order valence-electron chi connectivity index (χ4n) is 2.41. The fraction of sp³-hybridized carbons (Fsp3) is 0.667. The third-order valence-electron chi connectivity index (χ3n) is 3.25. The van der Waals surface area contributed by atoms with Gasteiger partial charge in [-0.3, -0.25) is 14.9 Å². The van der Waals surface area contributed by atoms with Crippen LogP contribution in [0.25, 0.3) is 0 Å². The summed E-state index contributed by atoms with van der Waals surface area (Å²) in [7, 11) is 0. The molecule has 19 heavy (non-hydrogen) atoms. The highest BCUT2D eigenvalue weighted by Gasteiger charge is 2.32. The number of hydrogen-bond donors (Lipinski definition) is 0. The molecule has 2 rings (SSSR count). The molecule has 0 N–H and O–H groups in total. The molecule has 0 bridgehead atoms. The summed E-state index contributed by atoms with van der Waals surface area (Å²) in [5.74, 6) is 0.584. The summed E-state index contributed by atoms with van der Waals surface area (Å²) in [6, 6.07) is 0.0134. The lowest BCUT2D eigenvalue weighted by Gasteiger charge is -2.28. The molecule has 0 saturated carbocycles. The number of carbonyl (C=O) groups is 1. The number of carbonyl (C=O) groups excluding carboxylic acids is 1. The van der Waals surface area contributed by atoms with Crippen molar-refractivity contribution in [2.24, 2.45) is 0 Å². The lowest BCUT2D eigenvalue weighted by atomic mass is 10.1. The van der Waals surface area contributed by atoms with Gasteiger partial charge in [0.2, 0.25) is 5.82 Å². The van der Waals surface area contributed by atoms with Crippen molar-refractivity contribution in [3.05, 3.63) is 15.8 Å². The summed E-state index contributed by atoms with van der Waals surface area (Å²) in [6.07, 6.45) is 1.29. The molecule has 1 aromatic rings. The fourth-order valence-corrected chi connectivity index (χ4v) is 2.41. The summed E-state index contributed by atoms with van der Waals surface area (Å²) in [6.45, 7) is 6.37. The van der Waals surface area contributed by atoms with Gasteiger partial charge in [0.05, 0.1) is 11.5 Å². The second kappa shape index (κ2) is 4.99. The minimum atomic E-state index is -0.407. The van der Waals surface area contributed by atoms with E-state index in [4.69, 9.17) is 0 Å². The average Bonchev–Trinajstić information content (AvgIpc) is 2.67. The second-order valence-electron chi connectivity index (χ2n) is 5.12. The molecule has 1 aliphatic heterocycles. The number of hydrogen-bond acceptors (Lipinski definition) is 5. The lowest BCUT2D eigenvalue weighted by molar-refractivity contribution is -0.384. The number of ketones is 1. The highest BCUT2D eigenvalue weighted by atomic mass is 16.6. The van der Waals surface area contributed by atoms with Crippen molar-refractivity contribution in [1.82, 2.24) is 9.78 Å². The summed E-state index contributed by atoms with van der Waals surface area (Å²) < 4.78 is 1.64. The summed E-state index contributed by atoms with van der Waals surface area (Å²) in [5.41, 5.74) is 0.412. The van der Waals surface area contributed by atoms with E-state index in [1.165, 1.54) is 0 Å². The van der Waals surface area contributed by atoms with Crippen molar-refractivity contribution in [3.63, 3.8) is 0 Å². The topological polar surface area (TPSA) is 81.3 Å². The quantitative estimate of drug-likeness (QED) is 0.616. The average molecular weight is 266 g/mol. The van der Waals surface area contributed by atoms with Crippen LogP contribution in [0.5, 0.6) is 0 Å². The van der Waals surface area contributed by atoms with Gasteiger partial charge in [0, 0.05) is 19.0 Å². The Morgan fingerprint density at radius 2 is 2.11 bits per heavy atom. The highest BCUT2D eigenvalue weighted by Crippen LogP contribution is 2.34. The first-order valence-corrected chi connectivity index (χ1v) is 6.42. The van der Waals surface area contributed by atoms with E-state index in [-0.39, 0.29) is 24.1 Å². The first-order valence-electron chi connectivity index (χ1n) is 6.42. The molecule has 7 nitrogen and oxygen atoms in total. The molecule has 0 radical (unpaired) electrons. The van der Waals surface area contributed by atoms with Gasteiger partial charge in [0.1, 0.15) is 5.69 Å². The van der Waals surface area contributed by atoms with Crippen LogP contribution in [0, 0.1) is 17.0 Å². The Hall–Kier alpha value is -1.92. The molecule has 0 atom stereocenters. The van der Waals surface area contributed by atoms with Crippen LogP contribution in [-0.2, 0) is 4.79 Å². The normalized spacial score (nSPS) is 16.2. The number of piperidine rings is 1. The van der Waals surface area contributed by atoms with Crippen molar-refractivity contribution in [1.29, 1.82) is 0 Å². The monoisotopic (exact) mass is 266 g/mol. The third kappa shape index (κ3) is 2.45. The van der Waals surface area contributed by atoms with Crippen molar-refractivity contribution in [2.45, 2.75) is 39.7 Å². The summed E-state index contributed by atoms with van der Waals surface area (Å²) in [4.78, 5) is 24.2. The van der Waals surface area contributed by atoms with E-state index in [1.807, 2.05) is 13.8 Å². The molecule has 1 saturated heterocycles. The van der Waals surface area contributed by atoms with Crippen LogP contribution in [0.3, 0.4) is 0 Å². The summed E-state index contributed by atoms with van der Waals surface area (Å²) >= 11 is 0. The van der Waals surface area contributed by atoms with Crippen molar-refractivity contribution < 1.29 is 9.72 Å². The number of aromatic nitrogens is 2. The van der Waals surface area contributed by atoms with Gasteiger partial charge >= 0.3 is 5.69 Å².